The summed E-state index contributed by atoms with van der Waals surface area (Å²) in [5.74, 6) is -1.62. The van der Waals surface area contributed by atoms with Gasteiger partial charge in [-0.3, -0.25) is 9.36 Å². The molecule has 0 fully saturated rings. The molecule has 0 saturated carbocycles. The third-order valence-corrected chi connectivity index (χ3v) is 2.52. The van der Waals surface area contributed by atoms with Gasteiger partial charge in [-0.1, -0.05) is 12.1 Å². The SMILES string of the molecule is Cn1c(-c2cccc(O)c2)nc(OC(=O)O)c(O)c1=O. The number of aromatic nitrogens is 2. The van der Waals surface area contributed by atoms with Crippen LogP contribution in [-0.4, -0.2) is 31.0 Å². The van der Waals surface area contributed by atoms with Gasteiger partial charge in [-0.05, 0) is 12.1 Å². The van der Waals surface area contributed by atoms with Crippen molar-refractivity contribution in [1.82, 2.24) is 9.55 Å². The van der Waals surface area contributed by atoms with E-state index in [2.05, 4.69) is 9.72 Å². The van der Waals surface area contributed by atoms with Crippen LogP contribution >= 0.6 is 0 Å². The van der Waals surface area contributed by atoms with Crippen LogP contribution in [0.1, 0.15) is 0 Å². The summed E-state index contributed by atoms with van der Waals surface area (Å²) in [6.07, 6.45) is -1.71. The van der Waals surface area contributed by atoms with Crippen LogP contribution in [0, 0.1) is 0 Å². The summed E-state index contributed by atoms with van der Waals surface area (Å²) in [5.41, 5.74) is -0.505. The Bertz CT molecular complexity index is 737. The van der Waals surface area contributed by atoms with Gasteiger partial charge >= 0.3 is 6.16 Å². The predicted molar refractivity (Wildman–Crippen MR) is 66.9 cm³/mol. The number of phenols is 1. The molecular weight excluding hydrogens is 268 g/mol. The second-order valence-corrected chi connectivity index (χ2v) is 3.87. The molecule has 0 atom stereocenters. The molecule has 2 aromatic rings. The van der Waals surface area contributed by atoms with Gasteiger partial charge in [-0.15, -0.1) is 0 Å². The Balaban J connectivity index is 2.67. The van der Waals surface area contributed by atoms with Crippen LogP contribution in [0.15, 0.2) is 29.1 Å². The van der Waals surface area contributed by atoms with Crippen LogP contribution in [0.5, 0.6) is 17.4 Å². The number of hydrogen-bond donors (Lipinski definition) is 3. The fourth-order valence-corrected chi connectivity index (χ4v) is 1.63. The van der Waals surface area contributed by atoms with Crippen molar-refractivity contribution in [2.24, 2.45) is 7.05 Å². The molecule has 1 heterocycles. The minimum Gasteiger partial charge on any atom is -0.508 e. The van der Waals surface area contributed by atoms with Crippen molar-refractivity contribution in [2.75, 3.05) is 0 Å². The maximum atomic E-state index is 11.8. The minimum atomic E-state index is -1.71. The molecule has 1 aromatic carbocycles. The summed E-state index contributed by atoms with van der Waals surface area (Å²) in [5, 5.41) is 27.5. The summed E-state index contributed by atoms with van der Waals surface area (Å²) >= 11 is 0. The van der Waals surface area contributed by atoms with Crippen LogP contribution in [0.25, 0.3) is 11.4 Å². The fourth-order valence-electron chi connectivity index (χ4n) is 1.63. The number of rotatable bonds is 2. The molecule has 0 amide bonds. The van der Waals surface area contributed by atoms with E-state index in [4.69, 9.17) is 5.11 Å². The number of carbonyl (C=O) groups is 1. The maximum Gasteiger partial charge on any atom is 0.512 e. The highest BCUT2D eigenvalue weighted by Gasteiger charge is 2.18. The molecular formula is C12H10N2O6. The van der Waals surface area contributed by atoms with Gasteiger partial charge in [0.25, 0.3) is 11.4 Å². The van der Waals surface area contributed by atoms with Crippen molar-refractivity contribution in [3.8, 4) is 28.8 Å². The molecule has 20 heavy (non-hydrogen) atoms. The van der Waals surface area contributed by atoms with Crippen LogP contribution < -0.4 is 10.3 Å². The number of phenolic OH excluding ortho intramolecular Hbond substituents is 1. The zero-order valence-electron chi connectivity index (χ0n) is 10.3. The van der Waals surface area contributed by atoms with Crippen molar-refractivity contribution < 1.29 is 24.9 Å². The molecule has 0 spiro atoms. The molecule has 0 aliphatic heterocycles. The lowest BCUT2D eigenvalue weighted by atomic mass is 10.2. The third kappa shape index (κ3) is 2.39. The van der Waals surface area contributed by atoms with Crippen LogP contribution in [-0.2, 0) is 7.05 Å². The monoisotopic (exact) mass is 278 g/mol. The first-order valence-corrected chi connectivity index (χ1v) is 5.40. The second-order valence-electron chi connectivity index (χ2n) is 3.87. The summed E-state index contributed by atoms with van der Waals surface area (Å²) in [6.45, 7) is 0. The van der Waals surface area contributed by atoms with Crippen molar-refractivity contribution in [3.05, 3.63) is 34.6 Å². The Morgan fingerprint density at radius 3 is 2.65 bits per heavy atom. The second kappa shape index (κ2) is 4.92. The van der Waals surface area contributed by atoms with Gasteiger partial charge in [0.15, 0.2) is 0 Å². The molecule has 0 saturated heterocycles. The molecule has 0 unspecified atom stereocenters. The van der Waals surface area contributed by atoms with Gasteiger partial charge in [0.05, 0.1) is 0 Å². The van der Waals surface area contributed by atoms with Crippen LogP contribution in [0.2, 0.25) is 0 Å². The summed E-state index contributed by atoms with van der Waals surface area (Å²) in [6, 6.07) is 5.85. The van der Waals surface area contributed by atoms with Gasteiger partial charge in [0.1, 0.15) is 11.6 Å². The Morgan fingerprint density at radius 2 is 2.05 bits per heavy atom. The molecule has 1 aromatic heterocycles. The zero-order chi connectivity index (χ0) is 14.9. The molecule has 0 bridgehead atoms. The highest BCUT2D eigenvalue weighted by atomic mass is 16.7. The van der Waals surface area contributed by atoms with E-state index >= 15 is 0 Å². The Kier molecular flexibility index (Phi) is 3.30. The normalized spacial score (nSPS) is 10.2. The fraction of sp³-hybridized carbons (Fsp3) is 0.0833. The van der Waals surface area contributed by atoms with Crippen molar-refractivity contribution >= 4 is 6.16 Å². The zero-order valence-corrected chi connectivity index (χ0v) is 10.3. The number of aromatic hydroxyl groups is 2. The van der Waals surface area contributed by atoms with E-state index in [1.165, 1.54) is 25.2 Å². The highest BCUT2D eigenvalue weighted by molar-refractivity contribution is 5.63. The molecule has 0 aliphatic rings. The van der Waals surface area contributed by atoms with Crippen molar-refractivity contribution in [3.63, 3.8) is 0 Å². The minimum absolute atomic E-state index is 0.0416. The van der Waals surface area contributed by atoms with Crippen LogP contribution in [0.4, 0.5) is 4.79 Å². The summed E-state index contributed by atoms with van der Waals surface area (Å²) in [7, 11) is 1.35. The standard InChI is InChI=1S/C12H10N2O6/c1-14-9(6-3-2-4-7(15)5-6)13-10(20-12(18)19)8(16)11(14)17/h2-5,15-16H,1H3,(H,18,19). The Hall–Kier alpha value is -3.03. The van der Waals surface area contributed by atoms with Crippen molar-refractivity contribution in [2.45, 2.75) is 0 Å². The number of nitrogens with zero attached hydrogens (tertiary/aromatic N) is 2. The van der Waals surface area contributed by atoms with E-state index in [1.807, 2.05) is 0 Å². The van der Waals surface area contributed by atoms with Gasteiger partial charge in [0.2, 0.25) is 5.75 Å². The van der Waals surface area contributed by atoms with Gasteiger partial charge in [0, 0.05) is 12.6 Å². The van der Waals surface area contributed by atoms with Gasteiger partial charge in [-0.2, -0.15) is 4.98 Å². The van der Waals surface area contributed by atoms with E-state index in [1.54, 1.807) is 6.07 Å². The largest absolute Gasteiger partial charge is 0.512 e. The smallest absolute Gasteiger partial charge is 0.508 e. The lowest BCUT2D eigenvalue weighted by Gasteiger charge is -2.10. The third-order valence-electron chi connectivity index (χ3n) is 2.52. The van der Waals surface area contributed by atoms with Gasteiger partial charge in [-0.25, -0.2) is 4.79 Å². The highest BCUT2D eigenvalue weighted by Crippen LogP contribution is 2.25. The molecule has 3 N–H and O–H groups in total. The topological polar surface area (TPSA) is 122 Å². The molecule has 8 nitrogen and oxygen atoms in total. The first-order chi connectivity index (χ1) is 9.40. The van der Waals surface area contributed by atoms with E-state index in [0.717, 1.165) is 4.57 Å². The number of ether oxygens (including phenoxy) is 1. The Morgan fingerprint density at radius 1 is 1.35 bits per heavy atom. The quantitative estimate of drug-likeness (QED) is 0.698. The number of benzene rings is 1. The average molecular weight is 278 g/mol. The molecule has 8 heteroatoms. The molecule has 2 rings (SSSR count). The van der Waals surface area contributed by atoms with Crippen molar-refractivity contribution in [1.29, 1.82) is 0 Å². The molecule has 0 aliphatic carbocycles. The predicted octanol–water partition coefficient (Wildman–Crippen LogP) is 0.915. The Labute approximate surface area is 112 Å². The maximum absolute atomic E-state index is 11.8. The van der Waals surface area contributed by atoms with E-state index in [9.17, 15) is 19.8 Å². The van der Waals surface area contributed by atoms with Crippen LogP contribution in [0.3, 0.4) is 0 Å². The van der Waals surface area contributed by atoms with Gasteiger partial charge < -0.3 is 20.1 Å². The number of hydrogen-bond acceptors (Lipinski definition) is 6. The molecule has 104 valence electrons. The van der Waals surface area contributed by atoms with E-state index in [-0.39, 0.29) is 11.6 Å². The average Bonchev–Trinajstić information content (AvgIpc) is 2.39. The first kappa shape index (κ1) is 13.4. The lowest BCUT2D eigenvalue weighted by Crippen LogP contribution is -2.21. The first-order valence-electron chi connectivity index (χ1n) is 5.40. The number of carboxylic acid groups (broad SMARTS) is 1. The lowest BCUT2D eigenvalue weighted by molar-refractivity contribution is 0.140. The summed E-state index contributed by atoms with van der Waals surface area (Å²) < 4.78 is 5.27. The van der Waals surface area contributed by atoms with E-state index < -0.39 is 23.3 Å². The van der Waals surface area contributed by atoms with E-state index in [0.29, 0.717) is 5.56 Å². The summed E-state index contributed by atoms with van der Waals surface area (Å²) in [4.78, 5) is 26.1. The molecule has 0 radical (unpaired) electrons.